The van der Waals surface area contributed by atoms with Crippen LogP contribution in [0, 0.1) is 0 Å². The van der Waals surface area contributed by atoms with Crippen LogP contribution in [0.4, 0.5) is 27.9 Å². The van der Waals surface area contributed by atoms with Crippen molar-refractivity contribution in [1.82, 2.24) is 15.3 Å². The summed E-state index contributed by atoms with van der Waals surface area (Å²) in [6, 6.07) is 4.95. The van der Waals surface area contributed by atoms with Crippen molar-refractivity contribution in [3.63, 3.8) is 0 Å². The molecule has 1 aromatic heterocycles. The first-order chi connectivity index (χ1) is 12.0. The topological polar surface area (TPSA) is 82.2 Å². The van der Waals surface area contributed by atoms with Crippen molar-refractivity contribution in [2.24, 2.45) is 0 Å². The zero-order valence-corrected chi connectivity index (χ0v) is 15.7. The molecule has 0 fully saturated rings. The maximum absolute atomic E-state index is 12.2. The molecule has 134 valence electrons. The van der Waals surface area contributed by atoms with Crippen LogP contribution in [0.25, 0.3) is 0 Å². The fourth-order valence-corrected chi connectivity index (χ4v) is 2.49. The lowest BCUT2D eigenvalue weighted by Gasteiger charge is -2.23. The lowest BCUT2D eigenvalue weighted by molar-refractivity contribution is 0.247. The zero-order valence-electron chi connectivity index (χ0n) is 14.2. The lowest BCUT2D eigenvalue weighted by atomic mass is 10.3. The summed E-state index contributed by atoms with van der Waals surface area (Å²) in [6.45, 7) is 4.79. The molecule has 0 aliphatic rings. The molecule has 2 amide bonds. The fourth-order valence-electron chi connectivity index (χ4n) is 2.19. The Morgan fingerprint density at radius 3 is 2.60 bits per heavy atom. The van der Waals surface area contributed by atoms with E-state index in [1.807, 2.05) is 13.8 Å². The van der Waals surface area contributed by atoms with Crippen LogP contribution in [0.15, 0.2) is 24.4 Å². The molecule has 2 rings (SSSR count). The van der Waals surface area contributed by atoms with E-state index in [9.17, 15) is 4.79 Å². The first kappa shape index (κ1) is 19.1. The third-order valence-corrected chi connectivity index (χ3v) is 4.10. The summed E-state index contributed by atoms with van der Waals surface area (Å²) in [6.07, 6.45) is 1.59. The molecule has 0 spiro atoms. The molecule has 0 radical (unpaired) electrons. The minimum Gasteiger partial charge on any atom is -0.371 e. The van der Waals surface area contributed by atoms with Crippen LogP contribution >= 0.6 is 23.2 Å². The van der Waals surface area contributed by atoms with Gasteiger partial charge in [-0.25, -0.2) is 9.78 Å². The van der Waals surface area contributed by atoms with Gasteiger partial charge in [0.15, 0.2) is 5.82 Å². The molecule has 0 aliphatic heterocycles. The number of amides is 2. The number of aromatic nitrogens is 2. The number of rotatable bonds is 6. The van der Waals surface area contributed by atoms with E-state index in [0.29, 0.717) is 46.3 Å². The Balaban J connectivity index is 2.28. The van der Waals surface area contributed by atoms with E-state index in [-0.39, 0.29) is 6.03 Å². The molecule has 25 heavy (non-hydrogen) atoms. The molecule has 9 heteroatoms. The van der Waals surface area contributed by atoms with Gasteiger partial charge in [-0.2, -0.15) is 4.98 Å². The van der Waals surface area contributed by atoms with E-state index in [1.165, 1.54) is 0 Å². The molecule has 0 unspecified atom stereocenters. The first-order valence-corrected chi connectivity index (χ1v) is 8.57. The zero-order chi connectivity index (χ0) is 18.4. The fraction of sp³-hybridized carbons (Fsp3) is 0.312. The number of halogens is 2. The van der Waals surface area contributed by atoms with Crippen LogP contribution in [0.2, 0.25) is 10.0 Å². The summed E-state index contributed by atoms with van der Waals surface area (Å²) < 4.78 is 0. The summed E-state index contributed by atoms with van der Waals surface area (Å²) in [7, 11) is 1.74. The highest BCUT2D eigenvalue weighted by atomic mass is 35.5. The van der Waals surface area contributed by atoms with Gasteiger partial charge >= 0.3 is 6.03 Å². The SMILES string of the molecule is CCNC(=O)N(CC)c1cnc(Nc2ccc(Cl)c(Cl)c2)nc1NC. The van der Waals surface area contributed by atoms with Crippen molar-refractivity contribution < 1.29 is 4.79 Å². The normalized spacial score (nSPS) is 10.3. The van der Waals surface area contributed by atoms with Gasteiger partial charge in [-0.3, -0.25) is 4.90 Å². The third kappa shape index (κ3) is 4.64. The Bertz CT molecular complexity index is 755. The highest BCUT2D eigenvalue weighted by molar-refractivity contribution is 6.42. The second-order valence-corrected chi connectivity index (χ2v) is 5.83. The van der Waals surface area contributed by atoms with Crippen molar-refractivity contribution in [3.05, 3.63) is 34.4 Å². The van der Waals surface area contributed by atoms with Gasteiger partial charge in [0.25, 0.3) is 0 Å². The number of nitrogens with zero attached hydrogens (tertiary/aromatic N) is 3. The van der Waals surface area contributed by atoms with Crippen molar-refractivity contribution in [3.8, 4) is 0 Å². The van der Waals surface area contributed by atoms with E-state index in [2.05, 4.69) is 25.9 Å². The summed E-state index contributed by atoms with van der Waals surface area (Å²) in [5, 5.41) is 9.74. The largest absolute Gasteiger partial charge is 0.371 e. The molecule has 3 N–H and O–H groups in total. The van der Waals surface area contributed by atoms with Crippen LogP contribution in [0.1, 0.15) is 13.8 Å². The van der Waals surface area contributed by atoms with Crippen molar-refractivity contribution in [1.29, 1.82) is 0 Å². The number of anilines is 4. The van der Waals surface area contributed by atoms with Crippen LogP contribution in [-0.4, -0.2) is 36.1 Å². The van der Waals surface area contributed by atoms with Crippen LogP contribution < -0.4 is 20.9 Å². The predicted molar refractivity (Wildman–Crippen MR) is 103 cm³/mol. The molecule has 2 aromatic rings. The Morgan fingerprint density at radius 1 is 1.24 bits per heavy atom. The predicted octanol–water partition coefficient (Wildman–Crippen LogP) is 4.12. The molecular formula is C16H20Cl2N6O. The Labute approximate surface area is 156 Å². The molecule has 0 bridgehead atoms. The number of benzene rings is 1. The number of carbonyl (C=O) groups is 1. The molecule has 0 saturated heterocycles. The molecule has 0 aliphatic carbocycles. The van der Waals surface area contributed by atoms with Gasteiger partial charge in [0.2, 0.25) is 5.95 Å². The van der Waals surface area contributed by atoms with E-state index in [1.54, 1.807) is 36.3 Å². The average Bonchev–Trinajstić information content (AvgIpc) is 2.60. The van der Waals surface area contributed by atoms with Crippen molar-refractivity contribution >= 4 is 52.4 Å². The van der Waals surface area contributed by atoms with Gasteiger partial charge in [-0.1, -0.05) is 23.2 Å². The van der Waals surface area contributed by atoms with E-state index < -0.39 is 0 Å². The highest BCUT2D eigenvalue weighted by Gasteiger charge is 2.18. The number of nitrogens with one attached hydrogen (secondary N) is 3. The Kier molecular flexibility index (Phi) is 6.66. The molecular weight excluding hydrogens is 363 g/mol. The van der Waals surface area contributed by atoms with Crippen molar-refractivity contribution in [2.75, 3.05) is 35.7 Å². The number of carbonyl (C=O) groups excluding carboxylic acids is 1. The lowest BCUT2D eigenvalue weighted by Crippen LogP contribution is -2.40. The summed E-state index contributed by atoms with van der Waals surface area (Å²) in [5.74, 6) is 0.907. The highest BCUT2D eigenvalue weighted by Crippen LogP contribution is 2.28. The number of urea groups is 1. The molecule has 1 heterocycles. The standard InChI is InChI=1S/C16H20Cl2N6O/c1-4-20-16(25)24(5-2)13-9-21-15(23-14(13)19-3)22-10-6-7-11(17)12(18)8-10/h6-9H,4-5H2,1-3H3,(H,20,25)(H2,19,21,22,23). The molecule has 1 aromatic carbocycles. The van der Waals surface area contributed by atoms with E-state index >= 15 is 0 Å². The quantitative estimate of drug-likeness (QED) is 0.699. The smallest absolute Gasteiger partial charge is 0.322 e. The van der Waals surface area contributed by atoms with Gasteiger partial charge in [-0.15, -0.1) is 0 Å². The van der Waals surface area contributed by atoms with Gasteiger partial charge in [0, 0.05) is 25.8 Å². The van der Waals surface area contributed by atoms with Crippen LogP contribution in [0.5, 0.6) is 0 Å². The minimum absolute atomic E-state index is 0.199. The maximum Gasteiger partial charge on any atom is 0.322 e. The summed E-state index contributed by atoms with van der Waals surface area (Å²) in [4.78, 5) is 22.4. The second kappa shape index (κ2) is 8.73. The van der Waals surface area contributed by atoms with Gasteiger partial charge in [-0.05, 0) is 32.0 Å². The molecule has 0 atom stereocenters. The number of hydrogen-bond acceptors (Lipinski definition) is 5. The minimum atomic E-state index is -0.199. The summed E-state index contributed by atoms with van der Waals surface area (Å²) in [5.41, 5.74) is 1.30. The van der Waals surface area contributed by atoms with Gasteiger partial charge < -0.3 is 16.0 Å². The Hall–Kier alpha value is -2.25. The number of hydrogen-bond donors (Lipinski definition) is 3. The second-order valence-electron chi connectivity index (χ2n) is 5.01. The van der Waals surface area contributed by atoms with Gasteiger partial charge in [0.05, 0.1) is 16.2 Å². The van der Waals surface area contributed by atoms with Crippen molar-refractivity contribution in [2.45, 2.75) is 13.8 Å². The first-order valence-electron chi connectivity index (χ1n) is 7.82. The summed E-state index contributed by atoms with van der Waals surface area (Å²) >= 11 is 11.9. The Morgan fingerprint density at radius 2 is 2.00 bits per heavy atom. The maximum atomic E-state index is 12.2. The van der Waals surface area contributed by atoms with Crippen LogP contribution in [0.3, 0.4) is 0 Å². The van der Waals surface area contributed by atoms with Gasteiger partial charge in [0.1, 0.15) is 5.69 Å². The van der Waals surface area contributed by atoms with E-state index in [0.717, 1.165) is 0 Å². The molecule has 7 nitrogen and oxygen atoms in total. The van der Waals surface area contributed by atoms with Crippen LogP contribution in [-0.2, 0) is 0 Å². The monoisotopic (exact) mass is 382 g/mol. The molecule has 0 saturated carbocycles. The average molecular weight is 383 g/mol. The third-order valence-electron chi connectivity index (χ3n) is 3.36. The van der Waals surface area contributed by atoms with E-state index in [4.69, 9.17) is 23.2 Å².